The minimum atomic E-state index is -0.214. The predicted molar refractivity (Wildman–Crippen MR) is 72.3 cm³/mol. The van der Waals surface area contributed by atoms with Gasteiger partial charge in [-0.25, -0.2) is 4.39 Å². The second kappa shape index (κ2) is 8.37. The molecule has 1 rings (SSSR count). The van der Waals surface area contributed by atoms with E-state index in [9.17, 15) is 4.39 Å². The number of halogens is 1. The Kier molecular flexibility index (Phi) is 7.05. The summed E-state index contributed by atoms with van der Waals surface area (Å²) in [4.78, 5) is 0. The summed E-state index contributed by atoms with van der Waals surface area (Å²) < 4.78 is 18.8. The van der Waals surface area contributed by atoms with E-state index in [1.807, 2.05) is 6.92 Å². The largest absolute Gasteiger partial charge is 0.493 e. The Morgan fingerprint density at radius 3 is 2.94 bits per heavy atom. The van der Waals surface area contributed by atoms with Crippen molar-refractivity contribution in [3.8, 4) is 5.75 Å². The third-order valence-corrected chi connectivity index (χ3v) is 3.04. The van der Waals surface area contributed by atoms with Gasteiger partial charge in [0, 0.05) is 12.1 Å². The van der Waals surface area contributed by atoms with E-state index < -0.39 is 0 Å². The molecule has 0 atom stereocenters. The van der Waals surface area contributed by atoms with E-state index in [2.05, 4.69) is 11.6 Å². The highest BCUT2D eigenvalue weighted by atomic mass is 32.2. The molecule has 0 heterocycles. The molecule has 0 unspecified atom stereocenters. The van der Waals surface area contributed by atoms with Crippen molar-refractivity contribution in [2.24, 2.45) is 0 Å². The maximum absolute atomic E-state index is 13.1. The predicted octanol–water partition coefficient (Wildman–Crippen LogP) is 3.07. The molecule has 1 aromatic rings. The van der Waals surface area contributed by atoms with Crippen LogP contribution >= 0.6 is 11.8 Å². The Hall–Kier alpha value is -0.740. The van der Waals surface area contributed by atoms with Crippen LogP contribution in [0.15, 0.2) is 18.2 Å². The zero-order valence-corrected chi connectivity index (χ0v) is 11.3. The molecule has 0 bridgehead atoms. The quantitative estimate of drug-likeness (QED) is 0.723. The van der Waals surface area contributed by atoms with Crippen LogP contribution in [0.5, 0.6) is 5.75 Å². The smallest absolute Gasteiger partial charge is 0.123 e. The Bertz CT molecular complexity index is 333. The fraction of sp³-hybridized carbons (Fsp3) is 0.538. The molecule has 0 aliphatic heterocycles. The molecule has 0 fully saturated rings. The number of hydrogen-bond acceptors (Lipinski definition) is 3. The van der Waals surface area contributed by atoms with Gasteiger partial charge in [0.25, 0.3) is 0 Å². The summed E-state index contributed by atoms with van der Waals surface area (Å²) >= 11 is 1.80. The van der Waals surface area contributed by atoms with Crippen molar-refractivity contribution in [3.63, 3.8) is 0 Å². The molecule has 0 spiro atoms. The molecule has 0 aliphatic rings. The van der Waals surface area contributed by atoms with E-state index in [1.165, 1.54) is 12.1 Å². The molecule has 0 saturated heterocycles. The van der Waals surface area contributed by atoms with Gasteiger partial charge in [-0.3, -0.25) is 0 Å². The van der Waals surface area contributed by atoms with Crippen LogP contribution in [0.4, 0.5) is 4.39 Å². The summed E-state index contributed by atoms with van der Waals surface area (Å²) in [7, 11) is 0. The summed E-state index contributed by atoms with van der Waals surface area (Å²) in [6.07, 6.45) is 3.09. The van der Waals surface area contributed by atoms with Gasteiger partial charge in [-0.1, -0.05) is 6.92 Å². The van der Waals surface area contributed by atoms with Gasteiger partial charge in [0.2, 0.25) is 0 Å². The molecular formula is C13H20FNOS. The number of ether oxygens (including phenoxy) is 1. The third-order valence-electron chi connectivity index (χ3n) is 2.34. The highest BCUT2D eigenvalue weighted by Crippen LogP contribution is 2.20. The van der Waals surface area contributed by atoms with Gasteiger partial charge in [-0.2, -0.15) is 11.8 Å². The first-order valence-electron chi connectivity index (χ1n) is 5.88. The number of rotatable bonds is 8. The molecule has 0 saturated carbocycles. The molecule has 0 radical (unpaired) electrons. The van der Waals surface area contributed by atoms with E-state index in [0.29, 0.717) is 13.2 Å². The molecule has 1 N–H and O–H groups in total. The standard InChI is InChI=1S/C13H20FNOS/c1-3-15-10-11-9-12(14)5-6-13(11)16-7-4-8-17-2/h5-6,9,15H,3-4,7-8,10H2,1-2H3. The second-order valence-electron chi connectivity index (χ2n) is 3.73. The van der Waals surface area contributed by atoms with E-state index in [-0.39, 0.29) is 5.82 Å². The Morgan fingerprint density at radius 1 is 1.41 bits per heavy atom. The van der Waals surface area contributed by atoms with Crippen LogP contribution in [0, 0.1) is 5.82 Å². The van der Waals surface area contributed by atoms with Crippen molar-refractivity contribution in [1.82, 2.24) is 5.32 Å². The Balaban J connectivity index is 2.55. The molecule has 4 heteroatoms. The molecule has 0 aliphatic carbocycles. The zero-order chi connectivity index (χ0) is 12.5. The molecule has 1 aromatic carbocycles. The molecule has 0 aromatic heterocycles. The lowest BCUT2D eigenvalue weighted by atomic mass is 10.2. The zero-order valence-electron chi connectivity index (χ0n) is 10.5. The highest BCUT2D eigenvalue weighted by molar-refractivity contribution is 7.98. The minimum Gasteiger partial charge on any atom is -0.493 e. The van der Waals surface area contributed by atoms with Crippen molar-refractivity contribution < 1.29 is 9.13 Å². The fourth-order valence-electron chi connectivity index (χ4n) is 1.47. The lowest BCUT2D eigenvalue weighted by Crippen LogP contribution is -2.13. The number of benzene rings is 1. The SMILES string of the molecule is CCNCc1cc(F)ccc1OCCCSC. The van der Waals surface area contributed by atoms with Gasteiger partial charge in [0.05, 0.1) is 6.61 Å². The van der Waals surface area contributed by atoms with E-state index >= 15 is 0 Å². The first kappa shape index (κ1) is 14.3. The van der Waals surface area contributed by atoms with Gasteiger partial charge >= 0.3 is 0 Å². The van der Waals surface area contributed by atoms with Crippen LogP contribution in [0.2, 0.25) is 0 Å². The molecule has 17 heavy (non-hydrogen) atoms. The topological polar surface area (TPSA) is 21.3 Å². The maximum atomic E-state index is 13.1. The summed E-state index contributed by atoms with van der Waals surface area (Å²) in [5.41, 5.74) is 0.885. The van der Waals surface area contributed by atoms with E-state index in [4.69, 9.17) is 4.74 Å². The van der Waals surface area contributed by atoms with Crippen molar-refractivity contribution in [3.05, 3.63) is 29.6 Å². The molecular weight excluding hydrogens is 237 g/mol. The summed E-state index contributed by atoms with van der Waals surface area (Å²) in [5, 5.41) is 3.18. The van der Waals surface area contributed by atoms with Gasteiger partial charge in [0.15, 0.2) is 0 Å². The first-order valence-corrected chi connectivity index (χ1v) is 7.28. The molecule has 0 amide bonds. The number of hydrogen-bond donors (Lipinski definition) is 1. The lowest BCUT2D eigenvalue weighted by molar-refractivity contribution is 0.314. The van der Waals surface area contributed by atoms with Gasteiger partial charge < -0.3 is 10.1 Å². The van der Waals surface area contributed by atoms with Gasteiger partial charge in [-0.05, 0) is 43.2 Å². The van der Waals surface area contributed by atoms with Crippen LogP contribution in [0.3, 0.4) is 0 Å². The average Bonchev–Trinajstić information content (AvgIpc) is 2.34. The number of nitrogens with one attached hydrogen (secondary N) is 1. The highest BCUT2D eigenvalue weighted by Gasteiger charge is 2.04. The fourth-order valence-corrected chi connectivity index (χ4v) is 1.88. The summed E-state index contributed by atoms with van der Waals surface area (Å²) in [5.74, 6) is 1.66. The summed E-state index contributed by atoms with van der Waals surface area (Å²) in [6.45, 7) is 4.22. The average molecular weight is 257 g/mol. The maximum Gasteiger partial charge on any atom is 0.123 e. The van der Waals surface area contributed by atoms with Crippen LogP contribution in [-0.2, 0) is 6.54 Å². The van der Waals surface area contributed by atoms with Crippen molar-refractivity contribution in [1.29, 1.82) is 0 Å². The third kappa shape index (κ3) is 5.41. The van der Waals surface area contributed by atoms with Crippen LogP contribution < -0.4 is 10.1 Å². The second-order valence-corrected chi connectivity index (χ2v) is 4.71. The van der Waals surface area contributed by atoms with E-state index in [0.717, 1.165) is 30.0 Å². The van der Waals surface area contributed by atoms with Crippen LogP contribution in [0.25, 0.3) is 0 Å². The monoisotopic (exact) mass is 257 g/mol. The molecule has 96 valence electrons. The van der Waals surface area contributed by atoms with Crippen LogP contribution in [0.1, 0.15) is 18.9 Å². The summed E-state index contributed by atoms with van der Waals surface area (Å²) in [6, 6.07) is 4.69. The van der Waals surface area contributed by atoms with Crippen LogP contribution in [-0.4, -0.2) is 25.2 Å². The first-order chi connectivity index (χ1) is 8.27. The number of thioether (sulfide) groups is 1. The van der Waals surface area contributed by atoms with E-state index in [1.54, 1.807) is 17.8 Å². The van der Waals surface area contributed by atoms with Gasteiger partial charge in [0.1, 0.15) is 11.6 Å². The lowest BCUT2D eigenvalue weighted by Gasteiger charge is -2.11. The van der Waals surface area contributed by atoms with Crippen molar-refractivity contribution in [2.75, 3.05) is 25.2 Å². The van der Waals surface area contributed by atoms with Crippen molar-refractivity contribution >= 4 is 11.8 Å². The Morgan fingerprint density at radius 2 is 2.24 bits per heavy atom. The minimum absolute atomic E-state index is 0.214. The normalized spacial score (nSPS) is 10.5. The van der Waals surface area contributed by atoms with Crippen molar-refractivity contribution in [2.45, 2.75) is 19.9 Å². The Labute approximate surface area is 107 Å². The van der Waals surface area contributed by atoms with Gasteiger partial charge in [-0.15, -0.1) is 0 Å². The molecule has 2 nitrogen and oxygen atoms in total.